The first kappa shape index (κ1) is 14.4. The normalized spacial score (nSPS) is 11.9. The zero-order valence-corrected chi connectivity index (χ0v) is 12.2. The van der Waals surface area contributed by atoms with Crippen molar-refractivity contribution in [2.75, 3.05) is 11.9 Å². The highest BCUT2D eigenvalue weighted by Gasteiger charge is 2.17. The third-order valence-electron chi connectivity index (χ3n) is 3.28. The summed E-state index contributed by atoms with van der Waals surface area (Å²) in [6.07, 6.45) is 0. The van der Waals surface area contributed by atoms with Gasteiger partial charge in [0, 0.05) is 12.6 Å². The van der Waals surface area contributed by atoms with Crippen LogP contribution in [0.5, 0.6) is 0 Å². The smallest absolute Gasteiger partial charge is 0.129 e. The average molecular weight is 289 g/mol. The molecular formula is C15H16FN3S. The number of hydrogen-bond donors (Lipinski definition) is 1. The van der Waals surface area contributed by atoms with Crippen LogP contribution in [0.2, 0.25) is 0 Å². The van der Waals surface area contributed by atoms with Crippen molar-refractivity contribution in [1.29, 1.82) is 0 Å². The Kier molecular flexibility index (Phi) is 4.29. The molecule has 0 aliphatic carbocycles. The molecule has 1 aromatic carbocycles. The van der Waals surface area contributed by atoms with E-state index in [0.717, 1.165) is 0 Å². The zero-order chi connectivity index (χ0) is 14.7. The molecule has 1 heterocycles. The molecule has 0 aliphatic rings. The molecule has 1 atom stereocenters. The van der Waals surface area contributed by atoms with Crippen molar-refractivity contribution in [2.45, 2.75) is 13.0 Å². The van der Waals surface area contributed by atoms with E-state index in [4.69, 9.17) is 18.0 Å². The van der Waals surface area contributed by atoms with E-state index in [1.807, 2.05) is 37.1 Å². The second-order valence-corrected chi connectivity index (χ2v) is 4.99. The fraction of sp³-hybridized carbons (Fsp3) is 0.200. The van der Waals surface area contributed by atoms with Crippen molar-refractivity contribution >= 4 is 23.0 Å². The Labute approximate surface area is 123 Å². The maximum atomic E-state index is 13.8. The highest BCUT2D eigenvalue weighted by molar-refractivity contribution is 7.80. The molecule has 2 N–H and O–H groups in total. The van der Waals surface area contributed by atoms with E-state index in [0.29, 0.717) is 17.1 Å². The van der Waals surface area contributed by atoms with Crippen molar-refractivity contribution in [2.24, 2.45) is 5.73 Å². The molecule has 0 saturated heterocycles. The van der Waals surface area contributed by atoms with Gasteiger partial charge in [-0.25, -0.2) is 9.37 Å². The highest BCUT2D eigenvalue weighted by atomic mass is 32.1. The number of anilines is 1. The molecule has 20 heavy (non-hydrogen) atoms. The maximum absolute atomic E-state index is 13.8. The van der Waals surface area contributed by atoms with Crippen molar-refractivity contribution in [1.82, 2.24) is 4.98 Å². The van der Waals surface area contributed by atoms with Crippen molar-refractivity contribution in [3.8, 4) is 0 Å². The third kappa shape index (κ3) is 2.93. The van der Waals surface area contributed by atoms with Gasteiger partial charge in [-0.3, -0.25) is 0 Å². The minimum Gasteiger partial charge on any atom is -0.388 e. The van der Waals surface area contributed by atoms with E-state index >= 15 is 0 Å². The lowest BCUT2D eigenvalue weighted by Gasteiger charge is -2.27. The third-order valence-corrected chi connectivity index (χ3v) is 3.49. The lowest BCUT2D eigenvalue weighted by molar-refractivity contribution is 0.584. The standard InChI is InChI=1S/C15H16FN3S/c1-10(11-6-3-4-7-12(11)16)19(2)14-9-5-8-13(18-14)15(17)20/h3-10H,1-2H3,(H2,17,20). The highest BCUT2D eigenvalue weighted by Crippen LogP contribution is 2.25. The topological polar surface area (TPSA) is 42.1 Å². The second-order valence-electron chi connectivity index (χ2n) is 4.55. The van der Waals surface area contributed by atoms with Crippen LogP contribution < -0.4 is 10.6 Å². The SMILES string of the molecule is CC(c1ccccc1F)N(C)c1cccc(C(N)=S)n1. The fourth-order valence-electron chi connectivity index (χ4n) is 1.98. The Bertz CT molecular complexity index is 630. The summed E-state index contributed by atoms with van der Waals surface area (Å²) in [5.41, 5.74) is 6.77. The minimum absolute atomic E-state index is 0.148. The van der Waals surface area contributed by atoms with Gasteiger partial charge in [0.1, 0.15) is 16.6 Å². The molecule has 0 fully saturated rings. The summed E-state index contributed by atoms with van der Waals surface area (Å²) in [6.45, 7) is 1.92. The molecule has 0 saturated carbocycles. The predicted molar refractivity (Wildman–Crippen MR) is 83.3 cm³/mol. The minimum atomic E-state index is -0.225. The quantitative estimate of drug-likeness (QED) is 0.878. The number of hydrogen-bond acceptors (Lipinski definition) is 3. The van der Waals surface area contributed by atoms with Gasteiger partial charge in [-0.2, -0.15) is 0 Å². The summed E-state index contributed by atoms with van der Waals surface area (Å²) in [6, 6.07) is 12.0. The van der Waals surface area contributed by atoms with Gasteiger partial charge in [0.2, 0.25) is 0 Å². The summed E-state index contributed by atoms with van der Waals surface area (Å²) in [7, 11) is 1.86. The Balaban J connectivity index is 2.31. The molecular weight excluding hydrogens is 273 g/mol. The van der Waals surface area contributed by atoms with E-state index in [9.17, 15) is 4.39 Å². The number of halogens is 1. The van der Waals surface area contributed by atoms with E-state index in [1.165, 1.54) is 6.07 Å². The molecule has 5 heteroatoms. The number of rotatable bonds is 4. The Morgan fingerprint density at radius 2 is 1.95 bits per heavy atom. The van der Waals surface area contributed by atoms with Gasteiger partial charge in [0.05, 0.1) is 11.7 Å². The van der Waals surface area contributed by atoms with Crippen LogP contribution in [0, 0.1) is 5.82 Å². The zero-order valence-electron chi connectivity index (χ0n) is 11.4. The average Bonchev–Trinajstić information content (AvgIpc) is 2.46. The predicted octanol–water partition coefficient (Wildman–Crippen LogP) is 3.05. The second kappa shape index (κ2) is 5.96. The number of pyridine rings is 1. The molecule has 104 valence electrons. The van der Waals surface area contributed by atoms with Crippen LogP contribution in [0.3, 0.4) is 0 Å². The van der Waals surface area contributed by atoms with Crippen molar-refractivity contribution < 1.29 is 4.39 Å². The Hall–Kier alpha value is -2.01. The van der Waals surface area contributed by atoms with E-state index in [2.05, 4.69) is 4.98 Å². The number of aromatic nitrogens is 1. The Morgan fingerprint density at radius 1 is 1.25 bits per heavy atom. The van der Waals surface area contributed by atoms with Gasteiger partial charge in [-0.1, -0.05) is 36.5 Å². The van der Waals surface area contributed by atoms with E-state index in [-0.39, 0.29) is 16.8 Å². The van der Waals surface area contributed by atoms with Crippen LogP contribution in [-0.2, 0) is 0 Å². The molecule has 3 nitrogen and oxygen atoms in total. The Morgan fingerprint density at radius 3 is 2.60 bits per heavy atom. The number of thiocarbonyl (C=S) groups is 1. The van der Waals surface area contributed by atoms with E-state index < -0.39 is 0 Å². The summed E-state index contributed by atoms with van der Waals surface area (Å²) >= 11 is 4.92. The summed E-state index contributed by atoms with van der Waals surface area (Å²) in [5, 5.41) is 0. The van der Waals surface area contributed by atoms with Crippen LogP contribution in [0.1, 0.15) is 24.2 Å². The molecule has 1 aromatic heterocycles. The van der Waals surface area contributed by atoms with Gasteiger partial charge < -0.3 is 10.6 Å². The molecule has 0 bridgehead atoms. The number of benzene rings is 1. The molecule has 0 aliphatic heterocycles. The monoisotopic (exact) mass is 289 g/mol. The first-order valence-corrected chi connectivity index (χ1v) is 6.65. The molecule has 2 aromatic rings. The van der Waals surface area contributed by atoms with Gasteiger partial charge in [-0.05, 0) is 25.1 Å². The van der Waals surface area contributed by atoms with Crippen LogP contribution in [0.4, 0.5) is 10.2 Å². The summed E-state index contributed by atoms with van der Waals surface area (Å²) < 4.78 is 13.8. The van der Waals surface area contributed by atoms with Crippen LogP contribution in [0.15, 0.2) is 42.5 Å². The molecule has 1 unspecified atom stereocenters. The first-order valence-electron chi connectivity index (χ1n) is 6.25. The molecule has 2 rings (SSSR count). The lowest BCUT2D eigenvalue weighted by atomic mass is 10.1. The van der Waals surface area contributed by atoms with Crippen LogP contribution in [-0.4, -0.2) is 17.0 Å². The van der Waals surface area contributed by atoms with Crippen LogP contribution in [0.25, 0.3) is 0 Å². The van der Waals surface area contributed by atoms with E-state index in [1.54, 1.807) is 18.2 Å². The fourth-order valence-corrected chi connectivity index (χ4v) is 2.09. The molecule has 0 amide bonds. The van der Waals surface area contributed by atoms with Crippen LogP contribution >= 0.6 is 12.2 Å². The lowest BCUT2D eigenvalue weighted by Crippen LogP contribution is -2.24. The summed E-state index contributed by atoms with van der Waals surface area (Å²) in [5.74, 6) is 0.475. The van der Waals surface area contributed by atoms with Gasteiger partial charge >= 0.3 is 0 Å². The largest absolute Gasteiger partial charge is 0.388 e. The van der Waals surface area contributed by atoms with Crippen molar-refractivity contribution in [3.63, 3.8) is 0 Å². The van der Waals surface area contributed by atoms with Gasteiger partial charge in [0.15, 0.2) is 0 Å². The van der Waals surface area contributed by atoms with Crippen molar-refractivity contribution in [3.05, 3.63) is 59.5 Å². The number of nitrogens with two attached hydrogens (primary N) is 1. The molecule has 0 spiro atoms. The maximum Gasteiger partial charge on any atom is 0.129 e. The van der Waals surface area contributed by atoms with Gasteiger partial charge in [-0.15, -0.1) is 0 Å². The summed E-state index contributed by atoms with van der Waals surface area (Å²) in [4.78, 5) is 6.52. The number of nitrogens with zero attached hydrogens (tertiary/aromatic N) is 2. The first-order chi connectivity index (χ1) is 9.50. The molecule has 0 radical (unpaired) electrons. The van der Waals surface area contributed by atoms with Gasteiger partial charge in [0.25, 0.3) is 0 Å².